The second kappa shape index (κ2) is 6.55. The first kappa shape index (κ1) is 15.5. The van der Waals surface area contributed by atoms with Gasteiger partial charge in [-0.25, -0.2) is 0 Å². The van der Waals surface area contributed by atoms with Crippen molar-refractivity contribution < 1.29 is 4.79 Å². The smallest absolute Gasteiger partial charge is 0.264 e. The van der Waals surface area contributed by atoms with Crippen LogP contribution in [0.15, 0.2) is 11.4 Å². The zero-order chi connectivity index (χ0) is 12.4. The van der Waals surface area contributed by atoms with E-state index >= 15 is 0 Å². The highest BCUT2D eigenvalue weighted by molar-refractivity contribution is 7.12. The van der Waals surface area contributed by atoms with Crippen LogP contribution < -0.4 is 5.73 Å². The van der Waals surface area contributed by atoms with Crippen LogP contribution in [-0.2, 0) is 0 Å². The van der Waals surface area contributed by atoms with Gasteiger partial charge in [-0.05, 0) is 42.7 Å². The summed E-state index contributed by atoms with van der Waals surface area (Å²) in [5, 5.41) is 1.98. The first-order valence-electron chi connectivity index (χ1n) is 6.20. The van der Waals surface area contributed by atoms with E-state index in [1.165, 1.54) is 17.8 Å². The van der Waals surface area contributed by atoms with Crippen LogP contribution in [0.5, 0.6) is 0 Å². The quantitative estimate of drug-likeness (QED) is 0.909. The molecule has 1 aliphatic rings. The first-order chi connectivity index (χ1) is 8.15. The number of carbonyl (C=O) groups excluding carboxylic acids is 1. The number of hydrogen-bond acceptors (Lipinski definition) is 3. The van der Waals surface area contributed by atoms with E-state index in [0.29, 0.717) is 12.5 Å². The molecule has 0 saturated carbocycles. The number of aryl methyl sites for hydroxylation is 1. The number of rotatable bonds is 2. The van der Waals surface area contributed by atoms with E-state index in [-0.39, 0.29) is 24.4 Å². The maximum atomic E-state index is 12.5. The zero-order valence-electron chi connectivity index (χ0n) is 10.9. The molecule has 5 heteroatoms. The fourth-order valence-corrected chi connectivity index (χ4v) is 3.46. The van der Waals surface area contributed by atoms with Crippen molar-refractivity contribution in [2.75, 3.05) is 13.1 Å². The lowest BCUT2D eigenvalue weighted by Crippen LogP contribution is -2.51. The summed E-state index contributed by atoms with van der Waals surface area (Å²) in [6, 6.07) is 2.21. The van der Waals surface area contributed by atoms with Crippen molar-refractivity contribution in [1.82, 2.24) is 4.90 Å². The normalized spacial score (nSPS) is 23.6. The van der Waals surface area contributed by atoms with Gasteiger partial charge in [-0.1, -0.05) is 6.92 Å². The maximum absolute atomic E-state index is 12.5. The summed E-state index contributed by atoms with van der Waals surface area (Å²) < 4.78 is 0. The lowest BCUT2D eigenvalue weighted by atomic mass is 9.90. The average molecular weight is 289 g/mol. The topological polar surface area (TPSA) is 46.3 Å². The molecule has 3 nitrogen and oxygen atoms in total. The molecule has 0 spiro atoms. The summed E-state index contributed by atoms with van der Waals surface area (Å²) in [6.07, 6.45) is 2.27. The summed E-state index contributed by atoms with van der Waals surface area (Å²) in [5.41, 5.74) is 6.90. The van der Waals surface area contributed by atoms with Gasteiger partial charge in [-0.3, -0.25) is 4.79 Å². The van der Waals surface area contributed by atoms with Crippen LogP contribution in [0.2, 0.25) is 0 Å². The molecule has 0 aliphatic carbocycles. The van der Waals surface area contributed by atoms with E-state index in [1.54, 1.807) is 0 Å². The van der Waals surface area contributed by atoms with Gasteiger partial charge in [0.25, 0.3) is 5.91 Å². The Kier molecular flexibility index (Phi) is 5.63. The zero-order valence-corrected chi connectivity index (χ0v) is 12.5. The minimum atomic E-state index is 0. The van der Waals surface area contributed by atoms with E-state index in [4.69, 9.17) is 5.73 Å². The molecule has 0 radical (unpaired) electrons. The van der Waals surface area contributed by atoms with E-state index in [2.05, 4.69) is 6.92 Å². The summed E-state index contributed by atoms with van der Waals surface area (Å²) in [5.74, 6) is 0.678. The molecular formula is C13H21ClN2OS. The third-order valence-corrected chi connectivity index (χ3v) is 4.68. The fourth-order valence-electron chi connectivity index (χ4n) is 2.58. The van der Waals surface area contributed by atoms with Gasteiger partial charge in [0.2, 0.25) is 0 Å². The van der Waals surface area contributed by atoms with E-state index in [1.807, 2.05) is 23.3 Å². The van der Waals surface area contributed by atoms with E-state index < -0.39 is 0 Å². The van der Waals surface area contributed by atoms with Crippen molar-refractivity contribution in [2.45, 2.75) is 32.7 Å². The highest BCUT2D eigenvalue weighted by Crippen LogP contribution is 2.26. The maximum Gasteiger partial charge on any atom is 0.264 e. The molecule has 2 rings (SSSR count). The highest BCUT2D eigenvalue weighted by atomic mass is 35.5. The largest absolute Gasteiger partial charge is 0.333 e. The van der Waals surface area contributed by atoms with Crippen molar-refractivity contribution in [3.05, 3.63) is 21.9 Å². The minimum absolute atomic E-state index is 0. The molecule has 0 aromatic carbocycles. The molecule has 1 aromatic rings. The number of halogens is 1. The number of thiophene rings is 1. The van der Waals surface area contributed by atoms with Crippen molar-refractivity contribution in [3.63, 3.8) is 0 Å². The second-order valence-corrected chi connectivity index (χ2v) is 5.77. The first-order valence-corrected chi connectivity index (χ1v) is 7.08. The molecule has 0 bridgehead atoms. The monoisotopic (exact) mass is 288 g/mol. The van der Waals surface area contributed by atoms with Gasteiger partial charge in [0.15, 0.2) is 0 Å². The van der Waals surface area contributed by atoms with Crippen molar-refractivity contribution in [3.8, 4) is 0 Å². The Bertz CT molecular complexity index is 407. The molecule has 102 valence electrons. The summed E-state index contributed by atoms with van der Waals surface area (Å²) in [7, 11) is 0. The molecule has 18 heavy (non-hydrogen) atoms. The van der Waals surface area contributed by atoms with Crippen LogP contribution >= 0.6 is 23.7 Å². The van der Waals surface area contributed by atoms with Crippen LogP contribution in [0.1, 0.15) is 35.0 Å². The van der Waals surface area contributed by atoms with Gasteiger partial charge in [0, 0.05) is 19.1 Å². The molecule has 1 aromatic heterocycles. The molecule has 1 amide bonds. The summed E-state index contributed by atoms with van der Waals surface area (Å²) >= 11 is 1.53. The van der Waals surface area contributed by atoms with Gasteiger partial charge in [-0.2, -0.15) is 0 Å². The standard InChI is InChI=1S/C13H20N2OS.ClH/c1-9-4-3-6-15(11(9)8-14)13(16)12-10(2)5-7-17-12;/h5,7,9,11H,3-4,6,8,14H2,1-2H3;1H. The number of piperidine rings is 1. The van der Waals surface area contributed by atoms with Crippen LogP contribution in [0, 0.1) is 12.8 Å². The third kappa shape index (κ3) is 2.87. The Hall–Kier alpha value is -0.580. The number of likely N-dealkylation sites (tertiary alicyclic amines) is 1. The van der Waals surface area contributed by atoms with Gasteiger partial charge in [0.05, 0.1) is 4.88 Å². The molecule has 1 aliphatic heterocycles. The lowest BCUT2D eigenvalue weighted by molar-refractivity contribution is 0.0537. The highest BCUT2D eigenvalue weighted by Gasteiger charge is 2.32. The van der Waals surface area contributed by atoms with E-state index in [9.17, 15) is 4.79 Å². The summed E-state index contributed by atoms with van der Waals surface area (Å²) in [4.78, 5) is 15.3. The number of nitrogens with zero attached hydrogens (tertiary/aromatic N) is 1. The van der Waals surface area contributed by atoms with Crippen LogP contribution in [-0.4, -0.2) is 29.9 Å². The van der Waals surface area contributed by atoms with E-state index in [0.717, 1.165) is 23.4 Å². The van der Waals surface area contributed by atoms with Crippen molar-refractivity contribution in [2.24, 2.45) is 11.7 Å². The Morgan fingerprint density at radius 2 is 2.33 bits per heavy atom. The van der Waals surface area contributed by atoms with Crippen LogP contribution in [0.3, 0.4) is 0 Å². The van der Waals surface area contributed by atoms with Gasteiger partial charge >= 0.3 is 0 Å². The summed E-state index contributed by atoms with van der Waals surface area (Å²) in [6.45, 7) is 5.60. The lowest BCUT2D eigenvalue weighted by Gasteiger charge is -2.39. The fraction of sp³-hybridized carbons (Fsp3) is 0.615. The van der Waals surface area contributed by atoms with Gasteiger partial charge in [0.1, 0.15) is 0 Å². The number of nitrogens with two attached hydrogens (primary N) is 1. The molecule has 2 unspecified atom stereocenters. The molecule has 2 N–H and O–H groups in total. The third-order valence-electron chi connectivity index (χ3n) is 3.67. The predicted octanol–water partition coefficient (Wildman–Crippen LogP) is 2.68. The Balaban J connectivity index is 0.00000162. The van der Waals surface area contributed by atoms with Crippen LogP contribution in [0.25, 0.3) is 0 Å². The number of carbonyl (C=O) groups is 1. The van der Waals surface area contributed by atoms with Gasteiger partial charge < -0.3 is 10.6 Å². The Morgan fingerprint density at radius 1 is 1.61 bits per heavy atom. The van der Waals surface area contributed by atoms with Crippen LogP contribution in [0.4, 0.5) is 0 Å². The minimum Gasteiger partial charge on any atom is -0.333 e. The second-order valence-electron chi connectivity index (χ2n) is 4.85. The molecule has 2 atom stereocenters. The SMILES string of the molecule is Cc1ccsc1C(=O)N1CCCC(C)C1CN.Cl. The van der Waals surface area contributed by atoms with Crippen molar-refractivity contribution >= 4 is 29.7 Å². The number of amides is 1. The molecule has 1 fully saturated rings. The van der Waals surface area contributed by atoms with Crippen molar-refractivity contribution in [1.29, 1.82) is 0 Å². The molecule has 2 heterocycles. The van der Waals surface area contributed by atoms with Gasteiger partial charge in [-0.15, -0.1) is 23.7 Å². The average Bonchev–Trinajstić information content (AvgIpc) is 2.74. The predicted molar refractivity (Wildman–Crippen MR) is 78.6 cm³/mol. The Morgan fingerprint density at radius 3 is 2.89 bits per heavy atom. The molecule has 1 saturated heterocycles. The Labute approximate surface area is 119 Å². The number of hydrogen-bond donors (Lipinski definition) is 1. The molecular weight excluding hydrogens is 268 g/mol.